The van der Waals surface area contributed by atoms with E-state index in [2.05, 4.69) is 59.2 Å². The summed E-state index contributed by atoms with van der Waals surface area (Å²) in [7, 11) is 0. The van der Waals surface area contributed by atoms with Gasteiger partial charge in [-0.2, -0.15) is 0 Å². The van der Waals surface area contributed by atoms with Crippen LogP contribution in [-0.4, -0.2) is 9.38 Å². The fourth-order valence-electron chi connectivity index (χ4n) is 1.53. The molecule has 0 saturated carbocycles. The van der Waals surface area contributed by atoms with Gasteiger partial charge >= 0.3 is 0 Å². The Bertz CT molecular complexity index is 506. The minimum Gasteiger partial charge on any atom is -0.303 e. The van der Waals surface area contributed by atoms with Crippen LogP contribution in [-0.2, 0) is 5.41 Å². The molecular formula is C12H15BrN2. The average molecular weight is 267 g/mol. The Hall–Kier alpha value is -0.830. The SMILES string of the molecule is Cc1c(Br)ccc2nc(C(C)(C)C)cn12. The van der Waals surface area contributed by atoms with E-state index in [4.69, 9.17) is 0 Å². The first-order valence-corrected chi connectivity index (χ1v) is 5.83. The van der Waals surface area contributed by atoms with Gasteiger partial charge in [0.25, 0.3) is 0 Å². The van der Waals surface area contributed by atoms with Crippen LogP contribution < -0.4 is 0 Å². The van der Waals surface area contributed by atoms with Crippen molar-refractivity contribution >= 4 is 21.6 Å². The molecule has 0 aliphatic heterocycles. The second-order valence-corrected chi connectivity index (χ2v) is 5.73. The molecule has 2 rings (SSSR count). The largest absolute Gasteiger partial charge is 0.303 e. The molecule has 2 aromatic rings. The molecule has 2 aromatic heterocycles. The smallest absolute Gasteiger partial charge is 0.137 e. The monoisotopic (exact) mass is 266 g/mol. The number of imidazole rings is 1. The molecule has 0 aliphatic rings. The van der Waals surface area contributed by atoms with Gasteiger partial charge in [-0.1, -0.05) is 20.8 Å². The van der Waals surface area contributed by atoms with E-state index in [0.717, 1.165) is 15.8 Å². The van der Waals surface area contributed by atoms with Gasteiger partial charge in [-0.05, 0) is 35.0 Å². The van der Waals surface area contributed by atoms with Crippen molar-refractivity contribution in [3.63, 3.8) is 0 Å². The van der Waals surface area contributed by atoms with Gasteiger partial charge in [-0.15, -0.1) is 0 Å². The molecule has 80 valence electrons. The Kier molecular flexibility index (Phi) is 2.38. The summed E-state index contributed by atoms with van der Waals surface area (Å²) in [4.78, 5) is 4.63. The number of fused-ring (bicyclic) bond motifs is 1. The van der Waals surface area contributed by atoms with E-state index in [1.807, 2.05) is 12.1 Å². The first-order chi connectivity index (χ1) is 6.89. The Morgan fingerprint density at radius 3 is 2.53 bits per heavy atom. The fourth-order valence-corrected chi connectivity index (χ4v) is 1.85. The van der Waals surface area contributed by atoms with Gasteiger partial charge in [0.05, 0.1) is 5.69 Å². The van der Waals surface area contributed by atoms with Crippen molar-refractivity contribution in [2.45, 2.75) is 33.1 Å². The van der Waals surface area contributed by atoms with Gasteiger partial charge in [0, 0.05) is 21.8 Å². The number of rotatable bonds is 0. The van der Waals surface area contributed by atoms with E-state index in [0.29, 0.717) is 0 Å². The second-order valence-electron chi connectivity index (χ2n) is 4.87. The van der Waals surface area contributed by atoms with Crippen LogP contribution in [0.25, 0.3) is 5.65 Å². The zero-order valence-electron chi connectivity index (χ0n) is 9.50. The first-order valence-electron chi connectivity index (χ1n) is 5.04. The number of nitrogens with zero attached hydrogens (tertiary/aromatic N) is 2. The lowest BCUT2D eigenvalue weighted by molar-refractivity contribution is 0.573. The summed E-state index contributed by atoms with van der Waals surface area (Å²) in [5.74, 6) is 0. The Morgan fingerprint density at radius 2 is 1.93 bits per heavy atom. The molecule has 2 nitrogen and oxygen atoms in total. The maximum absolute atomic E-state index is 4.63. The summed E-state index contributed by atoms with van der Waals surface area (Å²) in [5.41, 5.74) is 3.44. The topological polar surface area (TPSA) is 17.3 Å². The highest BCUT2D eigenvalue weighted by Crippen LogP contribution is 2.24. The van der Waals surface area contributed by atoms with Gasteiger partial charge in [0.2, 0.25) is 0 Å². The number of halogens is 1. The maximum Gasteiger partial charge on any atom is 0.137 e. The van der Waals surface area contributed by atoms with Crippen LogP contribution >= 0.6 is 15.9 Å². The summed E-state index contributed by atoms with van der Waals surface area (Å²) in [5, 5.41) is 0. The number of hydrogen-bond donors (Lipinski definition) is 0. The Morgan fingerprint density at radius 1 is 1.27 bits per heavy atom. The minimum atomic E-state index is 0.102. The third kappa shape index (κ3) is 1.81. The van der Waals surface area contributed by atoms with Crippen molar-refractivity contribution in [1.82, 2.24) is 9.38 Å². The number of aromatic nitrogens is 2. The molecule has 0 bridgehead atoms. The highest BCUT2D eigenvalue weighted by Gasteiger charge is 2.18. The highest BCUT2D eigenvalue weighted by atomic mass is 79.9. The molecule has 0 N–H and O–H groups in total. The molecule has 0 atom stereocenters. The highest BCUT2D eigenvalue weighted by molar-refractivity contribution is 9.10. The Balaban J connectivity index is 2.72. The van der Waals surface area contributed by atoms with Crippen molar-refractivity contribution in [2.24, 2.45) is 0 Å². The van der Waals surface area contributed by atoms with Crippen LogP contribution in [0, 0.1) is 6.92 Å². The number of hydrogen-bond acceptors (Lipinski definition) is 1. The molecule has 0 amide bonds. The lowest BCUT2D eigenvalue weighted by Crippen LogP contribution is -2.11. The van der Waals surface area contributed by atoms with Gasteiger partial charge in [-0.25, -0.2) is 4.98 Å². The molecule has 0 fully saturated rings. The van der Waals surface area contributed by atoms with Gasteiger partial charge in [0.15, 0.2) is 0 Å². The molecule has 15 heavy (non-hydrogen) atoms. The van der Waals surface area contributed by atoms with Crippen molar-refractivity contribution in [3.8, 4) is 0 Å². The molecule has 2 heterocycles. The normalized spacial score (nSPS) is 12.3. The van der Waals surface area contributed by atoms with Crippen molar-refractivity contribution in [2.75, 3.05) is 0 Å². The third-order valence-corrected chi connectivity index (χ3v) is 3.43. The van der Waals surface area contributed by atoms with Crippen LogP contribution in [0.4, 0.5) is 0 Å². The summed E-state index contributed by atoms with van der Waals surface area (Å²) < 4.78 is 3.25. The molecule has 0 aliphatic carbocycles. The fraction of sp³-hybridized carbons (Fsp3) is 0.417. The quantitative estimate of drug-likeness (QED) is 0.711. The van der Waals surface area contributed by atoms with Gasteiger partial charge < -0.3 is 4.40 Å². The molecule has 0 radical (unpaired) electrons. The van der Waals surface area contributed by atoms with Crippen LogP contribution in [0.3, 0.4) is 0 Å². The number of aryl methyl sites for hydroxylation is 1. The van der Waals surface area contributed by atoms with Crippen LogP contribution in [0.2, 0.25) is 0 Å². The predicted octanol–water partition coefficient (Wildman–Crippen LogP) is 3.70. The molecule has 0 unspecified atom stereocenters. The van der Waals surface area contributed by atoms with Crippen LogP contribution in [0.15, 0.2) is 22.8 Å². The zero-order chi connectivity index (χ0) is 11.2. The van der Waals surface area contributed by atoms with Gasteiger partial charge in [0.1, 0.15) is 5.65 Å². The van der Waals surface area contributed by atoms with Gasteiger partial charge in [-0.3, -0.25) is 0 Å². The van der Waals surface area contributed by atoms with Crippen molar-refractivity contribution < 1.29 is 0 Å². The van der Waals surface area contributed by atoms with E-state index in [1.165, 1.54) is 5.69 Å². The number of pyridine rings is 1. The minimum absolute atomic E-state index is 0.102. The molecule has 3 heteroatoms. The standard InChI is InChI=1S/C12H15BrN2/c1-8-9(13)5-6-11-14-10(7-15(8)11)12(2,3)4/h5-7H,1-4H3. The molecule has 0 spiro atoms. The van der Waals surface area contributed by atoms with E-state index in [9.17, 15) is 0 Å². The second kappa shape index (κ2) is 3.34. The Labute approximate surface area is 98.5 Å². The van der Waals surface area contributed by atoms with E-state index < -0.39 is 0 Å². The summed E-state index contributed by atoms with van der Waals surface area (Å²) >= 11 is 3.53. The summed E-state index contributed by atoms with van der Waals surface area (Å²) in [6, 6.07) is 4.08. The van der Waals surface area contributed by atoms with E-state index >= 15 is 0 Å². The van der Waals surface area contributed by atoms with Crippen LogP contribution in [0.5, 0.6) is 0 Å². The van der Waals surface area contributed by atoms with Crippen molar-refractivity contribution in [3.05, 3.63) is 34.2 Å². The zero-order valence-corrected chi connectivity index (χ0v) is 11.1. The van der Waals surface area contributed by atoms with E-state index in [-0.39, 0.29) is 5.41 Å². The first kappa shape index (κ1) is 10.7. The van der Waals surface area contributed by atoms with E-state index in [1.54, 1.807) is 0 Å². The maximum atomic E-state index is 4.63. The average Bonchev–Trinajstić information content (AvgIpc) is 2.55. The third-order valence-electron chi connectivity index (χ3n) is 2.59. The van der Waals surface area contributed by atoms with Crippen molar-refractivity contribution in [1.29, 1.82) is 0 Å². The molecular weight excluding hydrogens is 252 g/mol. The summed E-state index contributed by atoms with van der Waals surface area (Å²) in [6.45, 7) is 8.63. The molecule has 0 saturated heterocycles. The lowest BCUT2D eigenvalue weighted by atomic mass is 9.93. The predicted molar refractivity (Wildman–Crippen MR) is 66.3 cm³/mol. The molecule has 0 aromatic carbocycles. The summed E-state index contributed by atoms with van der Waals surface area (Å²) in [6.07, 6.45) is 2.12. The lowest BCUT2D eigenvalue weighted by Gasteiger charge is -2.13. The van der Waals surface area contributed by atoms with Crippen LogP contribution in [0.1, 0.15) is 32.2 Å².